The van der Waals surface area contributed by atoms with E-state index in [0.29, 0.717) is 0 Å². The predicted octanol–water partition coefficient (Wildman–Crippen LogP) is 2.27. The maximum Gasteiger partial charge on any atom is 0.0603 e. The monoisotopic (exact) mass is 199 g/mol. The highest BCUT2D eigenvalue weighted by Crippen LogP contribution is 2.32. The van der Waals surface area contributed by atoms with Gasteiger partial charge >= 0.3 is 0 Å². The molecule has 84 valence electrons. The van der Waals surface area contributed by atoms with Gasteiger partial charge in [0.2, 0.25) is 0 Å². The van der Waals surface area contributed by atoms with E-state index >= 15 is 0 Å². The van der Waals surface area contributed by atoms with E-state index in [1.807, 2.05) is 0 Å². The molecule has 14 heavy (non-hydrogen) atoms. The second kappa shape index (κ2) is 3.82. The molecule has 1 heterocycles. The maximum atomic E-state index is 9.97. The van der Waals surface area contributed by atoms with Crippen molar-refractivity contribution >= 4 is 0 Å². The van der Waals surface area contributed by atoms with E-state index in [1.54, 1.807) is 0 Å². The van der Waals surface area contributed by atoms with Crippen molar-refractivity contribution in [2.75, 3.05) is 13.1 Å². The van der Waals surface area contributed by atoms with Crippen molar-refractivity contribution in [1.29, 1.82) is 0 Å². The summed E-state index contributed by atoms with van der Waals surface area (Å²) < 4.78 is 0. The van der Waals surface area contributed by atoms with E-state index in [9.17, 15) is 5.11 Å². The standard InChI is InChI=1S/C12H25NO/c1-11(2,3)13-8-6-10(14)12(4,5)7-9-13/h10,14H,6-9H2,1-5H3. The molecule has 0 aliphatic carbocycles. The second-order valence-corrected chi connectivity index (χ2v) is 6.20. The average molecular weight is 199 g/mol. The Morgan fingerprint density at radius 1 is 1.21 bits per heavy atom. The van der Waals surface area contributed by atoms with Crippen LogP contribution in [-0.2, 0) is 0 Å². The Bertz CT molecular complexity index is 193. The first kappa shape index (κ1) is 12.0. The summed E-state index contributed by atoms with van der Waals surface area (Å²) in [5, 5.41) is 9.97. The number of likely N-dealkylation sites (tertiary alicyclic amines) is 1. The van der Waals surface area contributed by atoms with Crippen LogP contribution in [0.1, 0.15) is 47.5 Å². The molecule has 1 fully saturated rings. The summed E-state index contributed by atoms with van der Waals surface area (Å²) in [6, 6.07) is 0. The largest absolute Gasteiger partial charge is 0.393 e. The van der Waals surface area contributed by atoms with Gasteiger partial charge in [-0.05, 0) is 45.6 Å². The van der Waals surface area contributed by atoms with Gasteiger partial charge in [0.05, 0.1) is 6.10 Å². The molecule has 0 bridgehead atoms. The molecule has 0 saturated carbocycles. The van der Waals surface area contributed by atoms with Crippen LogP contribution in [0.25, 0.3) is 0 Å². The fraction of sp³-hybridized carbons (Fsp3) is 1.00. The zero-order valence-electron chi connectivity index (χ0n) is 10.3. The van der Waals surface area contributed by atoms with E-state index in [4.69, 9.17) is 0 Å². The Morgan fingerprint density at radius 2 is 1.79 bits per heavy atom. The highest BCUT2D eigenvalue weighted by atomic mass is 16.3. The Hall–Kier alpha value is -0.0800. The minimum Gasteiger partial charge on any atom is -0.393 e. The Kier molecular flexibility index (Phi) is 3.27. The van der Waals surface area contributed by atoms with Crippen LogP contribution in [0, 0.1) is 5.41 Å². The minimum absolute atomic E-state index is 0.0833. The number of nitrogens with zero attached hydrogens (tertiary/aromatic N) is 1. The van der Waals surface area contributed by atoms with E-state index in [2.05, 4.69) is 39.5 Å². The van der Waals surface area contributed by atoms with Crippen LogP contribution in [0.4, 0.5) is 0 Å². The lowest BCUT2D eigenvalue weighted by Crippen LogP contribution is -2.42. The van der Waals surface area contributed by atoms with Gasteiger partial charge in [0.1, 0.15) is 0 Å². The van der Waals surface area contributed by atoms with E-state index < -0.39 is 0 Å². The fourth-order valence-corrected chi connectivity index (χ4v) is 2.04. The molecular weight excluding hydrogens is 174 g/mol. The lowest BCUT2D eigenvalue weighted by atomic mass is 9.83. The molecule has 1 aliphatic rings. The molecule has 1 aliphatic heterocycles. The number of hydrogen-bond donors (Lipinski definition) is 1. The quantitative estimate of drug-likeness (QED) is 0.647. The van der Waals surface area contributed by atoms with Crippen LogP contribution in [0.2, 0.25) is 0 Å². The third-order valence-electron chi connectivity index (χ3n) is 3.55. The van der Waals surface area contributed by atoms with Gasteiger partial charge in [0.25, 0.3) is 0 Å². The summed E-state index contributed by atoms with van der Waals surface area (Å²) >= 11 is 0. The molecule has 0 radical (unpaired) electrons. The zero-order chi connectivity index (χ0) is 11.0. The molecule has 2 heteroatoms. The molecule has 0 amide bonds. The molecule has 2 nitrogen and oxygen atoms in total. The van der Waals surface area contributed by atoms with Crippen molar-refractivity contribution in [2.24, 2.45) is 5.41 Å². The van der Waals surface area contributed by atoms with Crippen molar-refractivity contribution in [2.45, 2.75) is 59.1 Å². The molecule has 1 saturated heterocycles. The van der Waals surface area contributed by atoms with Crippen LogP contribution >= 0.6 is 0 Å². The number of hydrogen-bond acceptors (Lipinski definition) is 2. The van der Waals surface area contributed by atoms with Gasteiger partial charge in [-0.2, -0.15) is 0 Å². The first-order chi connectivity index (χ1) is 6.23. The van der Waals surface area contributed by atoms with Gasteiger partial charge in [-0.15, -0.1) is 0 Å². The summed E-state index contributed by atoms with van der Waals surface area (Å²) in [4.78, 5) is 2.48. The minimum atomic E-state index is -0.144. The summed E-state index contributed by atoms with van der Waals surface area (Å²) in [6.45, 7) is 13.2. The van der Waals surface area contributed by atoms with Crippen LogP contribution in [0.15, 0.2) is 0 Å². The Morgan fingerprint density at radius 3 is 2.29 bits per heavy atom. The average Bonchev–Trinajstić information content (AvgIpc) is 2.11. The molecule has 0 aromatic rings. The van der Waals surface area contributed by atoms with Gasteiger partial charge in [-0.1, -0.05) is 13.8 Å². The van der Waals surface area contributed by atoms with Crippen LogP contribution < -0.4 is 0 Å². The maximum absolute atomic E-state index is 9.97. The second-order valence-electron chi connectivity index (χ2n) is 6.20. The van der Waals surface area contributed by atoms with Crippen molar-refractivity contribution in [3.8, 4) is 0 Å². The van der Waals surface area contributed by atoms with E-state index in [-0.39, 0.29) is 17.1 Å². The molecular formula is C12H25NO. The zero-order valence-corrected chi connectivity index (χ0v) is 10.3. The van der Waals surface area contributed by atoms with Gasteiger partial charge < -0.3 is 5.11 Å². The highest BCUT2D eigenvalue weighted by molar-refractivity contribution is 4.87. The number of rotatable bonds is 0. The van der Waals surface area contributed by atoms with Gasteiger partial charge in [0, 0.05) is 12.1 Å². The first-order valence-electron chi connectivity index (χ1n) is 5.66. The lowest BCUT2D eigenvalue weighted by Gasteiger charge is -2.35. The first-order valence-corrected chi connectivity index (χ1v) is 5.66. The normalized spacial score (nSPS) is 30.0. The van der Waals surface area contributed by atoms with Crippen molar-refractivity contribution in [3.05, 3.63) is 0 Å². The van der Waals surface area contributed by atoms with Gasteiger partial charge in [0.15, 0.2) is 0 Å². The molecule has 0 spiro atoms. The number of aliphatic hydroxyl groups excluding tert-OH is 1. The molecule has 1 N–H and O–H groups in total. The topological polar surface area (TPSA) is 23.5 Å². The molecule has 1 unspecified atom stereocenters. The van der Waals surface area contributed by atoms with Crippen molar-refractivity contribution in [1.82, 2.24) is 4.90 Å². The van der Waals surface area contributed by atoms with Gasteiger partial charge in [-0.3, -0.25) is 4.90 Å². The van der Waals surface area contributed by atoms with Crippen molar-refractivity contribution < 1.29 is 5.11 Å². The predicted molar refractivity (Wildman–Crippen MR) is 60.3 cm³/mol. The third kappa shape index (κ3) is 2.71. The SMILES string of the molecule is CC1(C)CCN(C(C)(C)C)CCC1O. The summed E-state index contributed by atoms with van der Waals surface area (Å²) in [5.74, 6) is 0. The van der Waals surface area contributed by atoms with Crippen molar-refractivity contribution in [3.63, 3.8) is 0 Å². The van der Waals surface area contributed by atoms with E-state index in [1.165, 1.54) is 0 Å². The van der Waals surface area contributed by atoms with Crippen LogP contribution in [0.3, 0.4) is 0 Å². The smallest absolute Gasteiger partial charge is 0.0603 e. The van der Waals surface area contributed by atoms with Crippen LogP contribution in [0.5, 0.6) is 0 Å². The lowest BCUT2D eigenvalue weighted by molar-refractivity contribution is 0.0481. The fourth-order valence-electron chi connectivity index (χ4n) is 2.04. The summed E-state index contributed by atoms with van der Waals surface area (Å²) in [7, 11) is 0. The molecule has 1 rings (SSSR count). The third-order valence-corrected chi connectivity index (χ3v) is 3.55. The molecule has 1 atom stereocenters. The summed E-state index contributed by atoms with van der Waals surface area (Å²) in [5.41, 5.74) is 0.320. The summed E-state index contributed by atoms with van der Waals surface area (Å²) in [6.07, 6.45) is 1.85. The highest BCUT2D eigenvalue weighted by Gasteiger charge is 2.34. The Balaban J connectivity index is 2.66. The molecule has 0 aromatic carbocycles. The molecule has 0 aromatic heterocycles. The number of aliphatic hydroxyl groups is 1. The van der Waals surface area contributed by atoms with Crippen LogP contribution in [-0.4, -0.2) is 34.7 Å². The van der Waals surface area contributed by atoms with E-state index in [0.717, 1.165) is 25.9 Å². The van der Waals surface area contributed by atoms with Gasteiger partial charge in [-0.25, -0.2) is 0 Å². The Labute approximate surface area is 88.3 Å².